The summed E-state index contributed by atoms with van der Waals surface area (Å²) in [5, 5.41) is 7.34. The number of amides is 3. The highest BCUT2D eigenvalue weighted by molar-refractivity contribution is 7.12. The van der Waals surface area contributed by atoms with Crippen LogP contribution in [0.5, 0.6) is 5.75 Å². The minimum absolute atomic E-state index is 0.0838. The zero-order valence-electron chi connectivity index (χ0n) is 19.7. The van der Waals surface area contributed by atoms with Gasteiger partial charge in [-0.15, -0.1) is 11.3 Å². The van der Waals surface area contributed by atoms with Crippen LogP contribution in [0.25, 0.3) is 0 Å². The molecule has 2 N–H and O–H groups in total. The van der Waals surface area contributed by atoms with Crippen LogP contribution in [0.4, 0.5) is 11.5 Å². The Morgan fingerprint density at radius 3 is 2.73 bits per heavy atom. The number of hydrogen-bond donors (Lipinski definition) is 2. The summed E-state index contributed by atoms with van der Waals surface area (Å²) in [6.07, 6.45) is 4.86. The van der Waals surface area contributed by atoms with Crippen molar-refractivity contribution in [3.8, 4) is 5.75 Å². The number of aromatic nitrogens is 3. The van der Waals surface area contributed by atoms with Gasteiger partial charge in [0.1, 0.15) is 22.5 Å². The monoisotopic (exact) mass is 514 g/mol. The van der Waals surface area contributed by atoms with Crippen molar-refractivity contribution in [2.24, 2.45) is 0 Å². The SMILES string of the molecule is COc1ccnc(NC(=O)c2ccc(CN3C(=O)c4sccc4NC(=O)C3Cc3ccccn3)nc2)c1. The van der Waals surface area contributed by atoms with Crippen LogP contribution in [0.2, 0.25) is 0 Å². The first kappa shape index (κ1) is 24.1. The number of ether oxygens (including phenoxy) is 1. The lowest BCUT2D eigenvalue weighted by Crippen LogP contribution is -2.46. The van der Waals surface area contributed by atoms with E-state index in [2.05, 4.69) is 25.6 Å². The van der Waals surface area contributed by atoms with Gasteiger partial charge in [0.05, 0.1) is 30.6 Å². The molecule has 0 spiro atoms. The molecule has 186 valence electrons. The third-order valence-corrected chi connectivity index (χ3v) is 6.72. The number of carbonyl (C=O) groups excluding carboxylic acids is 3. The number of nitrogens with zero attached hydrogens (tertiary/aromatic N) is 4. The third-order valence-electron chi connectivity index (χ3n) is 5.81. The molecule has 37 heavy (non-hydrogen) atoms. The van der Waals surface area contributed by atoms with E-state index in [1.165, 1.54) is 35.7 Å². The highest BCUT2D eigenvalue weighted by Crippen LogP contribution is 2.30. The number of methoxy groups -OCH3 is 1. The lowest BCUT2D eigenvalue weighted by Gasteiger charge is -2.28. The molecule has 0 saturated carbocycles. The molecule has 10 nitrogen and oxygen atoms in total. The van der Waals surface area contributed by atoms with Crippen molar-refractivity contribution in [1.29, 1.82) is 0 Å². The fourth-order valence-electron chi connectivity index (χ4n) is 3.93. The Balaban J connectivity index is 1.37. The number of nitrogens with one attached hydrogen (secondary N) is 2. The first-order chi connectivity index (χ1) is 18.0. The van der Waals surface area contributed by atoms with E-state index in [1.807, 2.05) is 12.1 Å². The number of hydrogen-bond acceptors (Lipinski definition) is 8. The van der Waals surface area contributed by atoms with E-state index in [9.17, 15) is 14.4 Å². The van der Waals surface area contributed by atoms with Gasteiger partial charge in [-0.2, -0.15) is 0 Å². The number of rotatable bonds is 7. The van der Waals surface area contributed by atoms with Crippen molar-refractivity contribution in [1.82, 2.24) is 19.9 Å². The van der Waals surface area contributed by atoms with E-state index >= 15 is 0 Å². The van der Waals surface area contributed by atoms with Crippen LogP contribution in [0, 0.1) is 0 Å². The normalized spacial score (nSPS) is 14.9. The van der Waals surface area contributed by atoms with Crippen LogP contribution < -0.4 is 15.4 Å². The maximum absolute atomic E-state index is 13.5. The van der Waals surface area contributed by atoms with Crippen molar-refractivity contribution in [2.45, 2.75) is 19.0 Å². The van der Waals surface area contributed by atoms with E-state index < -0.39 is 6.04 Å². The van der Waals surface area contributed by atoms with Crippen LogP contribution in [0.1, 0.15) is 31.4 Å². The van der Waals surface area contributed by atoms with Crippen LogP contribution in [-0.4, -0.2) is 50.7 Å². The minimum Gasteiger partial charge on any atom is -0.497 e. The van der Waals surface area contributed by atoms with E-state index in [0.717, 1.165) is 0 Å². The molecule has 1 atom stereocenters. The molecule has 5 rings (SSSR count). The maximum Gasteiger partial charge on any atom is 0.267 e. The lowest BCUT2D eigenvalue weighted by molar-refractivity contribution is -0.120. The minimum atomic E-state index is -0.786. The molecule has 4 aromatic heterocycles. The van der Waals surface area contributed by atoms with Crippen LogP contribution >= 0.6 is 11.3 Å². The molecule has 1 aliphatic heterocycles. The second-order valence-corrected chi connectivity index (χ2v) is 9.12. The molecule has 1 unspecified atom stereocenters. The van der Waals surface area contributed by atoms with Crippen LogP contribution in [-0.2, 0) is 17.8 Å². The first-order valence-corrected chi connectivity index (χ1v) is 12.3. The number of carbonyl (C=O) groups is 3. The van der Waals surface area contributed by atoms with E-state index in [-0.39, 0.29) is 30.7 Å². The number of pyridine rings is 3. The van der Waals surface area contributed by atoms with Crippen molar-refractivity contribution in [3.63, 3.8) is 0 Å². The molecule has 5 heterocycles. The maximum atomic E-state index is 13.5. The lowest BCUT2D eigenvalue weighted by atomic mass is 10.1. The number of fused-ring (bicyclic) bond motifs is 1. The average Bonchev–Trinajstić information content (AvgIpc) is 3.36. The fraction of sp³-hybridized carbons (Fsp3) is 0.154. The molecular weight excluding hydrogens is 492 g/mol. The smallest absolute Gasteiger partial charge is 0.267 e. The van der Waals surface area contributed by atoms with Gasteiger partial charge in [0, 0.05) is 36.8 Å². The summed E-state index contributed by atoms with van der Waals surface area (Å²) >= 11 is 1.27. The standard InChI is InChI=1S/C26H22N6O4S/c1-36-19-7-10-28-22(13-19)31-24(33)16-5-6-18(29-14-16)15-32-21(12-17-4-2-3-9-27-17)25(34)30-20-8-11-37-23(20)26(32)35/h2-11,13-14,21H,12,15H2,1H3,(H,30,34)(H,28,31,33). The van der Waals surface area contributed by atoms with Gasteiger partial charge in [0.15, 0.2) is 0 Å². The van der Waals surface area contributed by atoms with Gasteiger partial charge in [-0.05, 0) is 41.8 Å². The Morgan fingerprint density at radius 2 is 1.97 bits per heavy atom. The molecule has 11 heteroatoms. The van der Waals surface area contributed by atoms with Gasteiger partial charge in [-0.1, -0.05) is 6.07 Å². The molecule has 4 aromatic rings. The summed E-state index contributed by atoms with van der Waals surface area (Å²) in [5.41, 5.74) is 2.04. The van der Waals surface area contributed by atoms with Crippen molar-refractivity contribution >= 4 is 40.6 Å². The Labute approximate surface area is 216 Å². The van der Waals surface area contributed by atoms with Gasteiger partial charge in [-0.3, -0.25) is 24.4 Å². The molecule has 0 aliphatic carbocycles. The predicted molar refractivity (Wildman–Crippen MR) is 138 cm³/mol. The molecule has 0 bridgehead atoms. The molecular formula is C26H22N6O4S. The molecule has 1 aliphatic rings. The van der Waals surface area contributed by atoms with Crippen molar-refractivity contribution in [2.75, 3.05) is 17.7 Å². The van der Waals surface area contributed by atoms with Crippen molar-refractivity contribution in [3.05, 3.63) is 94.3 Å². The molecule has 3 amide bonds. The topological polar surface area (TPSA) is 126 Å². The summed E-state index contributed by atoms with van der Waals surface area (Å²) in [6, 6.07) is 13.0. The van der Waals surface area contributed by atoms with Gasteiger partial charge < -0.3 is 20.3 Å². The zero-order valence-corrected chi connectivity index (χ0v) is 20.6. The van der Waals surface area contributed by atoms with E-state index in [4.69, 9.17) is 4.74 Å². The van der Waals surface area contributed by atoms with Crippen molar-refractivity contribution < 1.29 is 19.1 Å². The van der Waals surface area contributed by atoms with Gasteiger partial charge in [-0.25, -0.2) is 4.98 Å². The Morgan fingerprint density at radius 1 is 1.08 bits per heavy atom. The van der Waals surface area contributed by atoms with Crippen LogP contribution in [0.15, 0.2) is 72.5 Å². The predicted octanol–water partition coefficient (Wildman–Crippen LogP) is 3.40. The molecule has 0 saturated heterocycles. The molecule has 0 radical (unpaired) electrons. The molecule has 0 fully saturated rings. The second-order valence-electron chi connectivity index (χ2n) is 8.20. The van der Waals surface area contributed by atoms with Gasteiger partial charge in [0.2, 0.25) is 5.91 Å². The summed E-state index contributed by atoms with van der Waals surface area (Å²) in [7, 11) is 1.53. The largest absolute Gasteiger partial charge is 0.497 e. The zero-order chi connectivity index (χ0) is 25.8. The highest BCUT2D eigenvalue weighted by atomic mass is 32.1. The Hall–Kier alpha value is -4.64. The quantitative estimate of drug-likeness (QED) is 0.387. The van der Waals surface area contributed by atoms with Gasteiger partial charge in [0.25, 0.3) is 11.8 Å². The summed E-state index contributed by atoms with van der Waals surface area (Å²) in [4.78, 5) is 54.1. The summed E-state index contributed by atoms with van der Waals surface area (Å²) < 4.78 is 5.15. The summed E-state index contributed by atoms with van der Waals surface area (Å²) in [5.74, 6) is -0.0333. The summed E-state index contributed by atoms with van der Waals surface area (Å²) in [6.45, 7) is 0.0838. The van der Waals surface area contributed by atoms with Gasteiger partial charge >= 0.3 is 0 Å². The first-order valence-electron chi connectivity index (χ1n) is 11.4. The average molecular weight is 515 g/mol. The number of anilines is 2. The second kappa shape index (κ2) is 10.5. The highest BCUT2D eigenvalue weighted by Gasteiger charge is 2.36. The van der Waals surface area contributed by atoms with Crippen LogP contribution in [0.3, 0.4) is 0 Å². The fourth-order valence-corrected chi connectivity index (χ4v) is 4.73. The number of thiophene rings is 1. The third kappa shape index (κ3) is 5.31. The molecule has 0 aromatic carbocycles. The van der Waals surface area contributed by atoms with E-state index in [0.29, 0.717) is 39.1 Å². The Bertz CT molecular complexity index is 1440. The van der Waals surface area contributed by atoms with E-state index in [1.54, 1.807) is 48.0 Å². The Kier molecular flexibility index (Phi) is 6.86.